The van der Waals surface area contributed by atoms with Crippen molar-refractivity contribution < 1.29 is 14.3 Å². The van der Waals surface area contributed by atoms with Crippen LogP contribution in [0.4, 0.5) is 0 Å². The highest BCUT2D eigenvalue weighted by Crippen LogP contribution is 2.23. The fourth-order valence-corrected chi connectivity index (χ4v) is 2.49. The lowest BCUT2D eigenvalue weighted by Crippen LogP contribution is -2.45. The van der Waals surface area contributed by atoms with Crippen LogP contribution in [-0.4, -0.2) is 36.0 Å². The molecule has 2 N–H and O–H groups in total. The maximum Gasteiger partial charge on any atom is 0.329 e. The number of likely N-dealkylation sites (tertiary alicyclic amines) is 1. The number of carbonyl (C=O) groups excluding carboxylic acids is 2. The lowest BCUT2D eigenvalue weighted by molar-refractivity contribution is -0.152. The first kappa shape index (κ1) is 15.3. The van der Waals surface area contributed by atoms with Gasteiger partial charge in [0.25, 0.3) is 0 Å². The molecule has 0 bridgehead atoms. The summed E-state index contributed by atoms with van der Waals surface area (Å²) in [6.45, 7) is 4.19. The van der Waals surface area contributed by atoms with E-state index in [1.807, 2.05) is 30.3 Å². The van der Waals surface area contributed by atoms with Crippen molar-refractivity contribution in [2.24, 2.45) is 5.73 Å². The normalized spacial score (nSPS) is 19.1. The smallest absolute Gasteiger partial charge is 0.329 e. The topological polar surface area (TPSA) is 72.6 Å². The fraction of sp³-hybridized carbons (Fsp3) is 0.375. The largest absolute Gasteiger partial charge is 0.460 e. The molecule has 0 aromatic heterocycles. The summed E-state index contributed by atoms with van der Waals surface area (Å²) in [5.74, 6) is -0.625. The van der Waals surface area contributed by atoms with E-state index in [0.717, 1.165) is 12.0 Å². The van der Waals surface area contributed by atoms with Crippen LogP contribution in [0, 0.1) is 0 Å². The monoisotopic (exact) mass is 288 g/mol. The van der Waals surface area contributed by atoms with Crippen LogP contribution < -0.4 is 5.73 Å². The number of hydrogen-bond acceptors (Lipinski definition) is 4. The molecule has 0 spiro atoms. The molecule has 5 nitrogen and oxygen atoms in total. The van der Waals surface area contributed by atoms with E-state index in [4.69, 9.17) is 10.5 Å². The van der Waals surface area contributed by atoms with Crippen molar-refractivity contribution in [1.29, 1.82) is 0 Å². The average molecular weight is 288 g/mol. The van der Waals surface area contributed by atoms with E-state index in [-0.39, 0.29) is 18.5 Å². The molecular weight excluding hydrogens is 268 g/mol. The lowest BCUT2D eigenvalue weighted by atomic mass is 10.1. The van der Waals surface area contributed by atoms with Gasteiger partial charge in [0.2, 0.25) is 5.91 Å². The zero-order valence-corrected chi connectivity index (χ0v) is 11.9. The maximum atomic E-state index is 12.5. The fourth-order valence-electron chi connectivity index (χ4n) is 2.49. The third-order valence-electron chi connectivity index (χ3n) is 3.58. The Hall–Kier alpha value is -2.14. The molecule has 0 radical (unpaired) electrons. The molecule has 1 heterocycles. The molecule has 1 fully saturated rings. The molecule has 5 heteroatoms. The molecule has 2 atom stereocenters. The highest BCUT2D eigenvalue weighted by Gasteiger charge is 2.37. The molecule has 0 aliphatic carbocycles. The van der Waals surface area contributed by atoms with Crippen LogP contribution in [-0.2, 0) is 14.3 Å². The van der Waals surface area contributed by atoms with E-state index < -0.39 is 12.1 Å². The van der Waals surface area contributed by atoms with Crippen molar-refractivity contribution in [2.45, 2.75) is 24.9 Å². The number of ether oxygens (including phenoxy) is 1. The summed E-state index contributed by atoms with van der Waals surface area (Å²) in [6, 6.07) is 7.87. The van der Waals surface area contributed by atoms with Gasteiger partial charge < -0.3 is 15.4 Å². The van der Waals surface area contributed by atoms with Crippen molar-refractivity contribution in [1.82, 2.24) is 4.90 Å². The minimum Gasteiger partial charge on any atom is -0.460 e. The summed E-state index contributed by atoms with van der Waals surface area (Å²) in [4.78, 5) is 26.0. The summed E-state index contributed by atoms with van der Waals surface area (Å²) < 4.78 is 5.05. The quantitative estimate of drug-likeness (QED) is 0.657. The van der Waals surface area contributed by atoms with Crippen LogP contribution in [0.1, 0.15) is 24.4 Å². The number of benzene rings is 1. The second kappa shape index (κ2) is 7.04. The Morgan fingerprint density at radius 3 is 2.81 bits per heavy atom. The number of hydrogen-bond donors (Lipinski definition) is 1. The molecular formula is C16H20N2O3. The van der Waals surface area contributed by atoms with Crippen LogP contribution in [0.3, 0.4) is 0 Å². The maximum absolute atomic E-state index is 12.5. The van der Waals surface area contributed by atoms with Crippen LogP contribution in [0.2, 0.25) is 0 Å². The zero-order valence-electron chi connectivity index (χ0n) is 11.9. The van der Waals surface area contributed by atoms with Gasteiger partial charge in [0, 0.05) is 6.54 Å². The van der Waals surface area contributed by atoms with E-state index in [0.29, 0.717) is 13.0 Å². The van der Waals surface area contributed by atoms with Crippen molar-refractivity contribution in [3.05, 3.63) is 48.6 Å². The molecule has 1 aliphatic heterocycles. The minimum absolute atomic E-state index is 0.155. The van der Waals surface area contributed by atoms with E-state index >= 15 is 0 Å². The van der Waals surface area contributed by atoms with Gasteiger partial charge in [-0.2, -0.15) is 0 Å². The number of amides is 1. The van der Waals surface area contributed by atoms with Gasteiger partial charge in [-0.15, -0.1) is 0 Å². The number of rotatable bonds is 5. The van der Waals surface area contributed by atoms with Gasteiger partial charge in [0.05, 0.1) is 0 Å². The van der Waals surface area contributed by atoms with Gasteiger partial charge in [0.15, 0.2) is 0 Å². The van der Waals surface area contributed by atoms with Crippen LogP contribution in [0.25, 0.3) is 0 Å². The van der Waals surface area contributed by atoms with Gasteiger partial charge in [-0.1, -0.05) is 43.0 Å². The number of nitrogens with zero attached hydrogens (tertiary/aromatic N) is 1. The Balaban J connectivity index is 2.07. The third-order valence-corrected chi connectivity index (χ3v) is 3.58. The Kier molecular flexibility index (Phi) is 5.11. The van der Waals surface area contributed by atoms with E-state index in [1.165, 1.54) is 11.0 Å². The minimum atomic E-state index is -0.751. The Morgan fingerprint density at radius 1 is 1.43 bits per heavy atom. The highest BCUT2D eigenvalue weighted by molar-refractivity contribution is 5.88. The molecule has 1 aromatic rings. The van der Waals surface area contributed by atoms with Crippen molar-refractivity contribution in [3.8, 4) is 0 Å². The summed E-state index contributed by atoms with van der Waals surface area (Å²) in [7, 11) is 0. The first-order valence-corrected chi connectivity index (χ1v) is 7.03. The predicted octanol–water partition coefficient (Wildman–Crippen LogP) is 1.41. The molecule has 2 rings (SSSR count). The van der Waals surface area contributed by atoms with E-state index in [1.54, 1.807) is 0 Å². The summed E-state index contributed by atoms with van der Waals surface area (Å²) in [6.07, 6.45) is 2.90. The molecule has 0 saturated carbocycles. The number of nitrogens with two attached hydrogens (primary N) is 1. The highest BCUT2D eigenvalue weighted by atomic mass is 16.5. The third kappa shape index (κ3) is 3.49. The van der Waals surface area contributed by atoms with Crippen molar-refractivity contribution in [3.63, 3.8) is 0 Å². The predicted molar refractivity (Wildman–Crippen MR) is 79.3 cm³/mol. The summed E-state index contributed by atoms with van der Waals surface area (Å²) in [5.41, 5.74) is 6.76. The van der Waals surface area contributed by atoms with Crippen LogP contribution >= 0.6 is 0 Å². The number of esters is 1. The molecule has 0 unspecified atom stereocenters. The van der Waals surface area contributed by atoms with Gasteiger partial charge in [0.1, 0.15) is 18.7 Å². The van der Waals surface area contributed by atoms with Crippen molar-refractivity contribution in [2.75, 3.05) is 13.2 Å². The Bertz CT molecular complexity index is 516. The first-order valence-electron chi connectivity index (χ1n) is 7.03. The second-order valence-corrected chi connectivity index (χ2v) is 5.00. The number of carbonyl (C=O) groups is 2. The molecule has 112 valence electrons. The molecule has 1 aliphatic rings. The lowest BCUT2D eigenvalue weighted by Gasteiger charge is -2.26. The Labute approximate surface area is 124 Å². The average Bonchev–Trinajstić information content (AvgIpc) is 3.01. The summed E-state index contributed by atoms with van der Waals surface area (Å²) >= 11 is 0. The van der Waals surface area contributed by atoms with Gasteiger partial charge in [-0.3, -0.25) is 4.79 Å². The molecule has 1 amide bonds. The SMILES string of the molecule is C=CCOC(=O)[C@H]1CCCN1C(=O)[C@@H](N)c1ccccc1. The van der Waals surface area contributed by atoms with Gasteiger partial charge in [-0.05, 0) is 18.4 Å². The first-order chi connectivity index (χ1) is 10.1. The molecule has 1 saturated heterocycles. The summed E-state index contributed by atoms with van der Waals surface area (Å²) in [5, 5.41) is 0. The molecule has 1 aromatic carbocycles. The van der Waals surface area contributed by atoms with Gasteiger partial charge >= 0.3 is 5.97 Å². The second-order valence-electron chi connectivity index (χ2n) is 5.00. The van der Waals surface area contributed by atoms with E-state index in [2.05, 4.69) is 6.58 Å². The molecule has 21 heavy (non-hydrogen) atoms. The zero-order chi connectivity index (χ0) is 15.2. The van der Waals surface area contributed by atoms with Crippen LogP contribution in [0.15, 0.2) is 43.0 Å². The standard InChI is InChI=1S/C16H20N2O3/c1-2-11-21-16(20)13-9-6-10-18(13)15(19)14(17)12-7-4-3-5-8-12/h2-5,7-8,13-14H,1,6,9-11,17H2/t13-,14+/m1/s1. The Morgan fingerprint density at radius 2 is 2.14 bits per heavy atom. The van der Waals surface area contributed by atoms with Crippen LogP contribution in [0.5, 0.6) is 0 Å². The van der Waals surface area contributed by atoms with E-state index in [9.17, 15) is 9.59 Å². The van der Waals surface area contributed by atoms with Crippen molar-refractivity contribution >= 4 is 11.9 Å². The van der Waals surface area contributed by atoms with Gasteiger partial charge in [-0.25, -0.2) is 4.79 Å².